The second kappa shape index (κ2) is 6.55. The Hall–Kier alpha value is -2.50. The number of ether oxygens (including phenoxy) is 2. The van der Waals surface area contributed by atoms with Crippen molar-refractivity contribution < 1.29 is 24.2 Å². The first kappa shape index (κ1) is 16.4. The molecule has 0 radical (unpaired) electrons. The highest BCUT2D eigenvalue weighted by Crippen LogP contribution is 2.38. The van der Waals surface area contributed by atoms with Crippen LogP contribution in [0.5, 0.6) is 5.75 Å². The van der Waals surface area contributed by atoms with E-state index in [4.69, 9.17) is 9.47 Å². The quantitative estimate of drug-likeness (QED) is 0.872. The van der Waals surface area contributed by atoms with Crippen molar-refractivity contribution in [1.82, 2.24) is 4.57 Å². The number of hydrogen-bond acceptors (Lipinski definition) is 5. The third-order valence-electron chi connectivity index (χ3n) is 4.69. The lowest BCUT2D eigenvalue weighted by atomic mass is 9.95. The van der Waals surface area contributed by atoms with Crippen LogP contribution < -0.4 is 0 Å². The minimum absolute atomic E-state index is 0.0323. The van der Waals surface area contributed by atoms with Crippen LogP contribution in [0.3, 0.4) is 0 Å². The summed E-state index contributed by atoms with van der Waals surface area (Å²) >= 11 is 0. The first-order chi connectivity index (χ1) is 11.6. The van der Waals surface area contributed by atoms with Crippen molar-refractivity contribution in [3.8, 4) is 5.75 Å². The molecule has 0 spiro atoms. The fourth-order valence-electron chi connectivity index (χ4n) is 3.63. The van der Waals surface area contributed by atoms with Gasteiger partial charge in [-0.2, -0.15) is 0 Å². The van der Waals surface area contributed by atoms with E-state index in [9.17, 15) is 14.7 Å². The van der Waals surface area contributed by atoms with E-state index < -0.39 is 11.9 Å². The van der Waals surface area contributed by atoms with Gasteiger partial charge in [0.15, 0.2) is 0 Å². The van der Waals surface area contributed by atoms with Crippen LogP contribution in [-0.2, 0) is 9.47 Å². The zero-order chi connectivity index (χ0) is 17.3. The Morgan fingerprint density at radius 3 is 2.38 bits per heavy atom. The number of aromatic nitrogens is 1. The van der Waals surface area contributed by atoms with E-state index in [0.717, 1.165) is 31.2 Å². The van der Waals surface area contributed by atoms with Gasteiger partial charge in [-0.1, -0.05) is 19.3 Å². The predicted octanol–water partition coefficient (Wildman–Crippen LogP) is 3.43. The molecule has 6 nitrogen and oxygen atoms in total. The molecule has 0 saturated heterocycles. The lowest BCUT2D eigenvalue weighted by Crippen LogP contribution is -2.20. The third kappa shape index (κ3) is 2.62. The molecule has 3 rings (SSSR count). The Morgan fingerprint density at radius 2 is 1.75 bits per heavy atom. The molecular formula is C18H21NO5. The zero-order valence-electron chi connectivity index (χ0n) is 13.9. The number of esters is 2. The van der Waals surface area contributed by atoms with E-state index in [0.29, 0.717) is 5.39 Å². The number of hydrogen-bond donors (Lipinski definition) is 1. The molecule has 1 fully saturated rings. The Bertz CT molecular complexity index is 786. The minimum Gasteiger partial charge on any atom is -0.508 e. The maximum atomic E-state index is 12.5. The second-order valence-electron chi connectivity index (χ2n) is 6.07. The maximum absolute atomic E-state index is 12.5. The molecule has 1 N–H and O–H groups in total. The van der Waals surface area contributed by atoms with Crippen LogP contribution >= 0.6 is 0 Å². The Labute approximate surface area is 140 Å². The fourth-order valence-corrected chi connectivity index (χ4v) is 3.63. The second-order valence-corrected chi connectivity index (χ2v) is 6.07. The molecule has 2 aromatic rings. The molecule has 1 heterocycles. The van der Waals surface area contributed by atoms with Gasteiger partial charge in [-0.3, -0.25) is 0 Å². The number of methoxy groups -OCH3 is 2. The number of phenolic OH excluding ortho intramolecular Hbond substituents is 1. The summed E-state index contributed by atoms with van der Waals surface area (Å²) in [4.78, 5) is 24.8. The molecule has 0 amide bonds. The summed E-state index contributed by atoms with van der Waals surface area (Å²) in [6.07, 6.45) is 5.21. The predicted molar refractivity (Wildman–Crippen MR) is 88.4 cm³/mol. The SMILES string of the molecule is COC(=O)c1c(C(=O)OC)n(C2CCCCC2)c2ccc(O)cc12. The Morgan fingerprint density at radius 1 is 1.08 bits per heavy atom. The van der Waals surface area contributed by atoms with Gasteiger partial charge in [0.25, 0.3) is 0 Å². The molecule has 1 aromatic heterocycles. The normalized spacial score (nSPS) is 15.4. The summed E-state index contributed by atoms with van der Waals surface area (Å²) in [5.41, 5.74) is 1.10. The van der Waals surface area contributed by atoms with Gasteiger partial charge in [-0.05, 0) is 31.0 Å². The zero-order valence-corrected chi connectivity index (χ0v) is 13.9. The van der Waals surface area contributed by atoms with Gasteiger partial charge < -0.3 is 19.1 Å². The van der Waals surface area contributed by atoms with Crippen molar-refractivity contribution in [3.63, 3.8) is 0 Å². The van der Waals surface area contributed by atoms with Gasteiger partial charge in [0.1, 0.15) is 17.0 Å². The highest BCUT2D eigenvalue weighted by Gasteiger charge is 2.32. The smallest absolute Gasteiger partial charge is 0.355 e. The minimum atomic E-state index is -0.611. The number of fused-ring (bicyclic) bond motifs is 1. The van der Waals surface area contributed by atoms with Crippen LogP contribution in [0.1, 0.15) is 59.0 Å². The number of aromatic hydroxyl groups is 1. The molecule has 0 aliphatic heterocycles. The number of nitrogens with zero attached hydrogens (tertiary/aromatic N) is 1. The number of carbonyl (C=O) groups excluding carboxylic acids is 2. The summed E-state index contributed by atoms with van der Waals surface area (Å²) in [5, 5.41) is 10.3. The number of benzene rings is 1. The molecule has 6 heteroatoms. The lowest BCUT2D eigenvalue weighted by molar-refractivity contribution is 0.0545. The molecular weight excluding hydrogens is 310 g/mol. The topological polar surface area (TPSA) is 77.8 Å². The van der Waals surface area contributed by atoms with E-state index in [1.165, 1.54) is 26.7 Å². The van der Waals surface area contributed by atoms with Gasteiger partial charge in [-0.25, -0.2) is 9.59 Å². The van der Waals surface area contributed by atoms with E-state index in [1.807, 2.05) is 4.57 Å². The Kier molecular flexibility index (Phi) is 4.46. The van der Waals surface area contributed by atoms with Crippen LogP contribution in [0.15, 0.2) is 18.2 Å². The van der Waals surface area contributed by atoms with Crippen molar-refractivity contribution in [1.29, 1.82) is 0 Å². The maximum Gasteiger partial charge on any atom is 0.355 e. The summed E-state index contributed by atoms with van der Waals surface area (Å²) in [6, 6.07) is 4.91. The van der Waals surface area contributed by atoms with Crippen LogP contribution in [0.25, 0.3) is 10.9 Å². The summed E-state index contributed by atoms with van der Waals surface area (Å²) < 4.78 is 11.7. The molecule has 1 aliphatic rings. The van der Waals surface area contributed by atoms with Gasteiger partial charge >= 0.3 is 11.9 Å². The number of phenols is 1. The van der Waals surface area contributed by atoms with Gasteiger partial charge in [0.2, 0.25) is 0 Å². The van der Waals surface area contributed by atoms with Crippen molar-refractivity contribution in [2.45, 2.75) is 38.1 Å². The average molecular weight is 331 g/mol. The van der Waals surface area contributed by atoms with Crippen LogP contribution in [-0.4, -0.2) is 35.8 Å². The highest BCUT2D eigenvalue weighted by molar-refractivity contribution is 6.13. The van der Waals surface area contributed by atoms with E-state index in [1.54, 1.807) is 12.1 Å². The van der Waals surface area contributed by atoms with E-state index >= 15 is 0 Å². The first-order valence-corrected chi connectivity index (χ1v) is 8.12. The molecule has 0 atom stereocenters. The fraction of sp³-hybridized carbons (Fsp3) is 0.444. The summed E-state index contributed by atoms with van der Waals surface area (Å²) in [5.74, 6) is -1.15. The molecule has 0 bridgehead atoms. The number of carbonyl (C=O) groups is 2. The molecule has 24 heavy (non-hydrogen) atoms. The lowest BCUT2D eigenvalue weighted by Gasteiger charge is -2.26. The molecule has 1 aliphatic carbocycles. The van der Waals surface area contributed by atoms with Crippen LogP contribution in [0.4, 0.5) is 0 Å². The van der Waals surface area contributed by atoms with Crippen molar-refractivity contribution >= 4 is 22.8 Å². The molecule has 0 unspecified atom stereocenters. The van der Waals surface area contributed by atoms with Gasteiger partial charge in [0, 0.05) is 11.4 Å². The monoisotopic (exact) mass is 331 g/mol. The van der Waals surface area contributed by atoms with Crippen molar-refractivity contribution in [2.75, 3.05) is 14.2 Å². The van der Waals surface area contributed by atoms with Crippen LogP contribution in [0.2, 0.25) is 0 Å². The summed E-state index contributed by atoms with van der Waals surface area (Å²) in [7, 11) is 2.57. The number of rotatable bonds is 3. The van der Waals surface area contributed by atoms with Crippen LogP contribution in [0, 0.1) is 0 Å². The standard InChI is InChI=1S/C18H21NO5/c1-23-17(21)15-13-10-12(20)8-9-14(13)19(16(15)18(22)24-2)11-6-4-3-5-7-11/h8-11,20H,3-7H2,1-2H3. The highest BCUT2D eigenvalue weighted by atomic mass is 16.5. The van der Waals surface area contributed by atoms with Crippen molar-refractivity contribution in [3.05, 3.63) is 29.5 Å². The first-order valence-electron chi connectivity index (χ1n) is 8.12. The summed E-state index contributed by atoms with van der Waals surface area (Å²) in [6.45, 7) is 0. The van der Waals surface area contributed by atoms with E-state index in [-0.39, 0.29) is 23.0 Å². The van der Waals surface area contributed by atoms with Gasteiger partial charge in [0.05, 0.1) is 19.7 Å². The van der Waals surface area contributed by atoms with Gasteiger partial charge in [-0.15, -0.1) is 0 Å². The molecule has 128 valence electrons. The van der Waals surface area contributed by atoms with E-state index in [2.05, 4.69) is 0 Å². The molecule has 1 saturated carbocycles. The van der Waals surface area contributed by atoms with Crippen molar-refractivity contribution in [2.24, 2.45) is 0 Å². The Balaban J connectivity index is 2.34. The molecule has 1 aromatic carbocycles. The average Bonchev–Trinajstić information content (AvgIpc) is 2.95. The third-order valence-corrected chi connectivity index (χ3v) is 4.69. The largest absolute Gasteiger partial charge is 0.508 e.